The third-order valence-corrected chi connectivity index (χ3v) is 5.37. The lowest BCUT2D eigenvalue weighted by atomic mass is 10.3. The van der Waals surface area contributed by atoms with Crippen LogP contribution in [0.4, 0.5) is 15.8 Å². The molecule has 0 bridgehead atoms. The number of hydrogen-bond donors (Lipinski definition) is 2. The Bertz CT molecular complexity index is 1100. The van der Waals surface area contributed by atoms with Gasteiger partial charge in [0.2, 0.25) is 0 Å². The quantitative estimate of drug-likeness (QED) is 0.569. The van der Waals surface area contributed by atoms with Crippen LogP contribution in [0.15, 0.2) is 77.7 Å². The number of amides is 1. The highest BCUT2D eigenvalue weighted by Crippen LogP contribution is 2.20. The monoisotopic (exact) mass is 430 g/mol. The van der Waals surface area contributed by atoms with Crippen molar-refractivity contribution >= 4 is 27.3 Å². The molecule has 0 atom stereocenters. The molecule has 156 valence electrons. The lowest BCUT2D eigenvalue weighted by molar-refractivity contribution is -0.118. The minimum atomic E-state index is -3.79. The van der Waals surface area contributed by atoms with Crippen molar-refractivity contribution in [2.45, 2.75) is 4.90 Å². The smallest absolute Gasteiger partial charge is 0.262 e. The van der Waals surface area contributed by atoms with Crippen LogP contribution in [0.3, 0.4) is 0 Å². The van der Waals surface area contributed by atoms with Crippen molar-refractivity contribution < 1.29 is 27.1 Å². The molecule has 3 aromatic rings. The van der Waals surface area contributed by atoms with E-state index < -0.39 is 21.7 Å². The second-order valence-corrected chi connectivity index (χ2v) is 7.83. The van der Waals surface area contributed by atoms with Gasteiger partial charge in [0.1, 0.15) is 17.3 Å². The number of sulfonamides is 1. The van der Waals surface area contributed by atoms with Crippen molar-refractivity contribution in [1.29, 1.82) is 0 Å². The van der Waals surface area contributed by atoms with Gasteiger partial charge in [-0.2, -0.15) is 0 Å². The first-order valence-electron chi connectivity index (χ1n) is 8.81. The summed E-state index contributed by atoms with van der Waals surface area (Å²) < 4.78 is 50.6. The van der Waals surface area contributed by atoms with Gasteiger partial charge in [-0.15, -0.1) is 0 Å². The largest absolute Gasteiger partial charge is 0.497 e. The Balaban J connectivity index is 1.57. The molecule has 0 aliphatic rings. The van der Waals surface area contributed by atoms with Crippen molar-refractivity contribution in [3.05, 3.63) is 78.6 Å². The summed E-state index contributed by atoms with van der Waals surface area (Å²) in [5.41, 5.74) is 0.803. The second kappa shape index (κ2) is 9.27. The van der Waals surface area contributed by atoms with Crippen LogP contribution in [-0.2, 0) is 14.8 Å². The standard InChI is InChI=1S/C21H19FN2O5S/c1-28-18-10-4-17(5-11-18)24-30(26,27)20-12-6-16(7-13-20)23-21(25)14-29-19-8-2-15(22)3-9-19/h2-13,24H,14H2,1H3,(H,23,25). The average Bonchev–Trinajstić information content (AvgIpc) is 2.74. The van der Waals surface area contributed by atoms with Gasteiger partial charge in [0, 0.05) is 11.4 Å². The Morgan fingerprint density at radius 1 is 0.867 bits per heavy atom. The molecule has 0 unspecified atom stereocenters. The Morgan fingerprint density at radius 3 is 2.03 bits per heavy atom. The molecule has 0 spiro atoms. The van der Waals surface area contributed by atoms with Crippen molar-refractivity contribution in [2.75, 3.05) is 23.8 Å². The number of ether oxygens (including phenoxy) is 2. The van der Waals surface area contributed by atoms with Crippen molar-refractivity contribution in [3.63, 3.8) is 0 Å². The maximum atomic E-state index is 12.9. The molecule has 0 saturated carbocycles. The van der Waals surface area contributed by atoms with E-state index in [1.54, 1.807) is 24.3 Å². The maximum absolute atomic E-state index is 12.9. The molecule has 3 rings (SSSR count). The maximum Gasteiger partial charge on any atom is 0.262 e. The Hall–Kier alpha value is -3.59. The fourth-order valence-electron chi connectivity index (χ4n) is 2.47. The number of methoxy groups -OCH3 is 1. The fourth-order valence-corrected chi connectivity index (χ4v) is 3.53. The van der Waals surface area contributed by atoms with E-state index in [1.807, 2.05) is 0 Å². The summed E-state index contributed by atoms with van der Waals surface area (Å²) in [7, 11) is -2.26. The number of hydrogen-bond acceptors (Lipinski definition) is 5. The number of halogens is 1. The predicted molar refractivity (Wildman–Crippen MR) is 111 cm³/mol. The van der Waals surface area contributed by atoms with Gasteiger partial charge < -0.3 is 14.8 Å². The molecule has 0 aliphatic heterocycles. The van der Waals surface area contributed by atoms with Crippen LogP contribution < -0.4 is 19.5 Å². The normalized spacial score (nSPS) is 10.9. The molecule has 0 aliphatic carbocycles. The highest BCUT2D eigenvalue weighted by Gasteiger charge is 2.14. The Labute approximate surface area is 173 Å². The Morgan fingerprint density at radius 2 is 1.43 bits per heavy atom. The zero-order valence-electron chi connectivity index (χ0n) is 16.0. The molecule has 0 fully saturated rings. The lowest BCUT2D eigenvalue weighted by Gasteiger charge is -2.10. The molecule has 7 nitrogen and oxygen atoms in total. The molecule has 30 heavy (non-hydrogen) atoms. The van der Waals surface area contributed by atoms with Crippen LogP contribution in [0.1, 0.15) is 0 Å². The molecule has 9 heteroatoms. The number of rotatable bonds is 8. The average molecular weight is 430 g/mol. The van der Waals surface area contributed by atoms with Gasteiger partial charge in [0.25, 0.3) is 15.9 Å². The summed E-state index contributed by atoms with van der Waals surface area (Å²) in [5.74, 6) is 0.133. The van der Waals surface area contributed by atoms with E-state index in [-0.39, 0.29) is 11.5 Å². The van der Waals surface area contributed by atoms with Crippen LogP contribution in [0.25, 0.3) is 0 Å². The third kappa shape index (κ3) is 5.71. The topological polar surface area (TPSA) is 93.7 Å². The molecule has 0 radical (unpaired) electrons. The first-order valence-corrected chi connectivity index (χ1v) is 10.3. The second-order valence-electron chi connectivity index (χ2n) is 6.15. The zero-order chi connectivity index (χ0) is 21.6. The van der Waals surface area contributed by atoms with Crippen LogP contribution >= 0.6 is 0 Å². The zero-order valence-corrected chi connectivity index (χ0v) is 16.8. The highest BCUT2D eigenvalue weighted by molar-refractivity contribution is 7.92. The third-order valence-electron chi connectivity index (χ3n) is 3.97. The van der Waals surface area contributed by atoms with Gasteiger partial charge in [0.05, 0.1) is 12.0 Å². The first kappa shape index (κ1) is 21.1. The van der Waals surface area contributed by atoms with Gasteiger partial charge in [-0.1, -0.05) is 0 Å². The molecule has 0 aromatic heterocycles. The minimum absolute atomic E-state index is 0.0406. The van der Waals surface area contributed by atoms with E-state index in [0.29, 0.717) is 22.9 Å². The number of carbonyl (C=O) groups excluding carboxylic acids is 1. The fraction of sp³-hybridized carbons (Fsp3) is 0.0952. The van der Waals surface area contributed by atoms with Crippen LogP contribution in [-0.4, -0.2) is 28.0 Å². The molecular weight excluding hydrogens is 411 g/mol. The van der Waals surface area contributed by atoms with Crippen molar-refractivity contribution in [1.82, 2.24) is 0 Å². The SMILES string of the molecule is COc1ccc(NS(=O)(=O)c2ccc(NC(=O)COc3ccc(F)cc3)cc2)cc1. The van der Waals surface area contributed by atoms with E-state index in [0.717, 1.165) is 0 Å². The number of anilines is 2. The number of benzene rings is 3. The molecule has 1 amide bonds. The van der Waals surface area contributed by atoms with Gasteiger partial charge in [-0.05, 0) is 72.8 Å². The molecule has 0 heterocycles. The molecule has 2 N–H and O–H groups in total. The van der Waals surface area contributed by atoms with E-state index in [4.69, 9.17) is 9.47 Å². The van der Waals surface area contributed by atoms with Gasteiger partial charge in [0.15, 0.2) is 6.61 Å². The summed E-state index contributed by atoms with van der Waals surface area (Å²) in [6.07, 6.45) is 0. The molecule has 3 aromatic carbocycles. The lowest BCUT2D eigenvalue weighted by Crippen LogP contribution is -2.20. The molecular formula is C21H19FN2O5S. The van der Waals surface area contributed by atoms with Gasteiger partial charge in [-0.25, -0.2) is 12.8 Å². The summed E-state index contributed by atoms with van der Waals surface area (Å²) in [6, 6.07) is 17.4. The number of nitrogens with one attached hydrogen (secondary N) is 2. The van der Waals surface area contributed by atoms with Crippen LogP contribution in [0, 0.1) is 5.82 Å². The van der Waals surface area contributed by atoms with Crippen LogP contribution in [0.5, 0.6) is 11.5 Å². The van der Waals surface area contributed by atoms with E-state index >= 15 is 0 Å². The minimum Gasteiger partial charge on any atom is -0.497 e. The van der Waals surface area contributed by atoms with Crippen LogP contribution in [0.2, 0.25) is 0 Å². The molecule has 0 saturated heterocycles. The highest BCUT2D eigenvalue weighted by atomic mass is 32.2. The Kier molecular flexibility index (Phi) is 6.53. The van der Waals surface area contributed by atoms with Crippen molar-refractivity contribution in [2.24, 2.45) is 0 Å². The first-order chi connectivity index (χ1) is 14.4. The summed E-state index contributed by atoms with van der Waals surface area (Å²) in [6.45, 7) is -0.273. The summed E-state index contributed by atoms with van der Waals surface area (Å²) in [5, 5.41) is 2.60. The van der Waals surface area contributed by atoms with E-state index in [2.05, 4.69) is 10.0 Å². The van der Waals surface area contributed by atoms with E-state index in [1.165, 1.54) is 55.6 Å². The van der Waals surface area contributed by atoms with Gasteiger partial charge in [-0.3, -0.25) is 9.52 Å². The summed E-state index contributed by atoms with van der Waals surface area (Å²) in [4.78, 5) is 12.0. The van der Waals surface area contributed by atoms with E-state index in [9.17, 15) is 17.6 Å². The summed E-state index contributed by atoms with van der Waals surface area (Å²) >= 11 is 0. The van der Waals surface area contributed by atoms with Gasteiger partial charge >= 0.3 is 0 Å². The number of carbonyl (C=O) groups is 1. The predicted octanol–water partition coefficient (Wildman–Crippen LogP) is 3.65. The van der Waals surface area contributed by atoms with Crippen molar-refractivity contribution in [3.8, 4) is 11.5 Å².